The molecule has 0 radical (unpaired) electrons. The number of nitrogens with one attached hydrogen (secondary N) is 1. The van der Waals surface area contributed by atoms with Gasteiger partial charge in [-0.05, 0) is 11.6 Å². The van der Waals surface area contributed by atoms with Gasteiger partial charge in [-0.25, -0.2) is 4.39 Å². The van der Waals surface area contributed by atoms with Crippen LogP contribution in [-0.4, -0.2) is 18.2 Å². The first-order chi connectivity index (χ1) is 13.5. The van der Waals surface area contributed by atoms with E-state index in [0.29, 0.717) is 17.7 Å². The molecular formula is C24H30ClF2NO2. The van der Waals surface area contributed by atoms with E-state index >= 15 is 0 Å². The third kappa shape index (κ3) is 6.44. The Bertz CT molecular complexity index is 887. The molecule has 6 heteroatoms. The van der Waals surface area contributed by atoms with Gasteiger partial charge in [0.05, 0.1) is 5.41 Å². The lowest BCUT2D eigenvalue weighted by molar-refractivity contribution is 0.0799. The summed E-state index contributed by atoms with van der Waals surface area (Å²) < 4.78 is 27.4. The Balaban J connectivity index is 0.00000450. The molecule has 0 saturated heterocycles. The molecule has 2 aromatic rings. The van der Waals surface area contributed by atoms with Crippen LogP contribution >= 0.6 is 12.4 Å². The number of ketones is 2. The highest BCUT2D eigenvalue weighted by atomic mass is 35.5. The van der Waals surface area contributed by atoms with Crippen LogP contribution in [0.2, 0.25) is 0 Å². The van der Waals surface area contributed by atoms with Crippen molar-refractivity contribution in [1.82, 2.24) is 5.32 Å². The highest BCUT2D eigenvalue weighted by Crippen LogP contribution is 2.24. The van der Waals surface area contributed by atoms with Crippen LogP contribution in [0.25, 0.3) is 0 Å². The molecule has 3 nitrogen and oxygen atoms in total. The first kappa shape index (κ1) is 25.9. The van der Waals surface area contributed by atoms with Gasteiger partial charge in [-0.1, -0.05) is 71.0 Å². The zero-order valence-corrected chi connectivity index (χ0v) is 19.0. The Morgan fingerprint density at radius 1 is 0.867 bits per heavy atom. The van der Waals surface area contributed by atoms with Crippen molar-refractivity contribution in [3.05, 3.63) is 70.5 Å². The van der Waals surface area contributed by atoms with Gasteiger partial charge in [-0.2, -0.15) is 0 Å². The Hall–Kier alpha value is -2.11. The molecule has 1 N–H and O–H groups in total. The summed E-state index contributed by atoms with van der Waals surface area (Å²) in [6.07, 6.45) is 0. The number of halogens is 3. The van der Waals surface area contributed by atoms with Crippen molar-refractivity contribution in [2.75, 3.05) is 6.67 Å². The van der Waals surface area contributed by atoms with E-state index in [-0.39, 0.29) is 30.3 Å². The Morgan fingerprint density at radius 2 is 1.43 bits per heavy atom. The van der Waals surface area contributed by atoms with Crippen LogP contribution in [0.3, 0.4) is 0 Å². The number of alkyl halides is 1. The summed E-state index contributed by atoms with van der Waals surface area (Å²) >= 11 is 0. The van der Waals surface area contributed by atoms with E-state index in [1.54, 1.807) is 18.2 Å². The fourth-order valence-electron chi connectivity index (χ4n) is 2.83. The highest BCUT2D eigenvalue weighted by Gasteiger charge is 2.29. The fourth-order valence-corrected chi connectivity index (χ4v) is 2.83. The van der Waals surface area contributed by atoms with E-state index in [0.717, 1.165) is 5.56 Å². The normalized spacial score (nSPS) is 11.7. The molecule has 0 heterocycles. The zero-order valence-electron chi connectivity index (χ0n) is 18.1. The number of hydrogen-bond acceptors (Lipinski definition) is 3. The van der Waals surface area contributed by atoms with Crippen molar-refractivity contribution in [3.8, 4) is 0 Å². The van der Waals surface area contributed by atoms with Gasteiger partial charge in [0.1, 0.15) is 12.5 Å². The SMILES string of the molecule is CC(C)(C)C(=O)c1ccc(CNCc2ccc(C(=O)C(C)(C)CF)cc2F)cc1.Cl. The van der Waals surface area contributed by atoms with Gasteiger partial charge in [0.2, 0.25) is 0 Å². The van der Waals surface area contributed by atoms with Crippen molar-refractivity contribution >= 4 is 24.0 Å². The molecule has 0 fully saturated rings. The molecule has 0 aromatic heterocycles. The minimum absolute atomic E-state index is 0. The molecule has 30 heavy (non-hydrogen) atoms. The van der Waals surface area contributed by atoms with Crippen LogP contribution in [0.4, 0.5) is 8.78 Å². The summed E-state index contributed by atoms with van der Waals surface area (Å²) in [7, 11) is 0. The van der Waals surface area contributed by atoms with Gasteiger partial charge in [0, 0.05) is 35.2 Å². The molecule has 0 bridgehead atoms. The highest BCUT2D eigenvalue weighted by molar-refractivity contribution is 6.00. The molecule has 0 saturated carbocycles. The molecule has 0 amide bonds. The lowest BCUT2D eigenvalue weighted by Gasteiger charge is -2.19. The number of hydrogen-bond donors (Lipinski definition) is 1. The third-order valence-electron chi connectivity index (χ3n) is 4.81. The third-order valence-corrected chi connectivity index (χ3v) is 4.81. The molecule has 2 rings (SSSR count). The molecule has 0 aliphatic rings. The van der Waals surface area contributed by atoms with E-state index in [4.69, 9.17) is 0 Å². The van der Waals surface area contributed by atoms with Crippen molar-refractivity contribution < 1.29 is 18.4 Å². The minimum atomic E-state index is -1.16. The average molecular weight is 438 g/mol. The summed E-state index contributed by atoms with van der Waals surface area (Å²) in [6, 6.07) is 11.6. The Kier molecular flexibility index (Phi) is 8.88. The summed E-state index contributed by atoms with van der Waals surface area (Å²) in [5.41, 5.74) is 0.667. The number of carbonyl (C=O) groups excluding carboxylic acids is 2. The molecular weight excluding hydrogens is 408 g/mol. The molecule has 0 atom stereocenters. The quantitative estimate of drug-likeness (QED) is 0.519. The van der Waals surface area contributed by atoms with Crippen LogP contribution in [-0.2, 0) is 13.1 Å². The van der Waals surface area contributed by atoms with Crippen LogP contribution in [0.15, 0.2) is 42.5 Å². The topological polar surface area (TPSA) is 46.2 Å². The van der Waals surface area contributed by atoms with Gasteiger partial charge in [-0.15, -0.1) is 12.4 Å². The van der Waals surface area contributed by atoms with Crippen LogP contribution in [0.1, 0.15) is 66.5 Å². The summed E-state index contributed by atoms with van der Waals surface area (Å²) in [6.45, 7) is 8.67. The van der Waals surface area contributed by atoms with Gasteiger partial charge in [0.25, 0.3) is 0 Å². The predicted octanol–water partition coefficient (Wildman–Crippen LogP) is 5.94. The van der Waals surface area contributed by atoms with Crippen molar-refractivity contribution in [1.29, 1.82) is 0 Å². The number of carbonyl (C=O) groups is 2. The molecule has 0 aliphatic carbocycles. The molecule has 0 aliphatic heterocycles. The first-order valence-corrected chi connectivity index (χ1v) is 9.69. The number of rotatable bonds is 8. The molecule has 2 aromatic carbocycles. The van der Waals surface area contributed by atoms with Gasteiger partial charge in [-0.3, -0.25) is 14.0 Å². The number of benzene rings is 2. The lowest BCUT2D eigenvalue weighted by atomic mass is 9.85. The van der Waals surface area contributed by atoms with Gasteiger partial charge in [0.15, 0.2) is 11.6 Å². The Labute approximate surface area is 183 Å². The summed E-state index contributed by atoms with van der Waals surface area (Å²) in [5.74, 6) is -0.822. The van der Waals surface area contributed by atoms with Crippen LogP contribution in [0.5, 0.6) is 0 Å². The maximum Gasteiger partial charge on any atom is 0.171 e. The van der Waals surface area contributed by atoms with E-state index in [1.807, 2.05) is 32.9 Å². The largest absolute Gasteiger partial charge is 0.309 e. The van der Waals surface area contributed by atoms with Crippen molar-refractivity contribution in [2.45, 2.75) is 47.7 Å². The van der Waals surface area contributed by atoms with Crippen molar-refractivity contribution in [2.24, 2.45) is 10.8 Å². The predicted molar refractivity (Wildman–Crippen MR) is 119 cm³/mol. The van der Waals surface area contributed by atoms with Crippen LogP contribution < -0.4 is 5.32 Å². The first-order valence-electron chi connectivity index (χ1n) is 9.69. The molecule has 0 spiro atoms. The second-order valence-electron chi connectivity index (χ2n) is 9.03. The smallest absolute Gasteiger partial charge is 0.171 e. The maximum atomic E-state index is 14.4. The average Bonchev–Trinajstić information content (AvgIpc) is 2.67. The van der Waals surface area contributed by atoms with E-state index in [2.05, 4.69) is 5.32 Å². The second kappa shape index (κ2) is 10.3. The summed E-state index contributed by atoms with van der Waals surface area (Å²) in [5, 5.41) is 3.16. The fraction of sp³-hybridized carbons (Fsp3) is 0.417. The van der Waals surface area contributed by atoms with Crippen molar-refractivity contribution in [3.63, 3.8) is 0 Å². The molecule has 0 unspecified atom stereocenters. The number of Topliss-reactive ketones (excluding diaryl/α,β-unsaturated/α-hetero) is 2. The second-order valence-corrected chi connectivity index (χ2v) is 9.03. The monoisotopic (exact) mass is 437 g/mol. The summed E-state index contributed by atoms with van der Waals surface area (Å²) in [4.78, 5) is 24.5. The van der Waals surface area contributed by atoms with Gasteiger partial charge < -0.3 is 5.32 Å². The van der Waals surface area contributed by atoms with E-state index < -0.39 is 29.1 Å². The standard InChI is InChI=1S/C24H29F2NO2.ClH/c1-23(2,3)21(28)17-8-6-16(7-9-17)13-27-14-19-11-10-18(12-20(19)26)22(29)24(4,5)15-25;/h6-12,27H,13-15H2,1-5H3;1H. The Morgan fingerprint density at radius 3 is 1.93 bits per heavy atom. The maximum absolute atomic E-state index is 14.4. The van der Waals surface area contributed by atoms with Gasteiger partial charge >= 0.3 is 0 Å². The minimum Gasteiger partial charge on any atom is -0.309 e. The van der Waals surface area contributed by atoms with E-state index in [1.165, 1.54) is 26.0 Å². The molecule has 164 valence electrons. The lowest BCUT2D eigenvalue weighted by Crippen LogP contribution is -2.26. The zero-order chi connectivity index (χ0) is 21.8. The van der Waals surface area contributed by atoms with E-state index in [9.17, 15) is 18.4 Å². The van der Waals surface area contributed by atoms with Crippen LogP contribution in [0, 0.1) is 16.6 Å².